The third kappa shape index (κ3) is 2.51. The lowest BCUT2D eigenvalue weighted by atomic mass is 10.00. The van der Waals surface area contributed by atoms with Crippen LogP contribution in [0.5, 0.6) is 5.75 Å². The van der Waals surface area contributed by atoms with Crippen LogP contribution in [0.2, 0.25) is 0 Å². The Bertz CT molecular complexity index is 479. The summed E-state index contributed by atoms with van der Waals surface area (Å²) >= 11 is 1.78. The van der Waals surface area contributed by atoms with Gasteiger partial charge in [0.05, 0.1) is 13.2 Å². The molecule has 1 unspecified atom stereocenters. The molecular weight excluding hydrogens is 230 g/mol. The van der Waals surface area contributed by atoms with Crippen molar-refractivity contribution < 1.29 is 4.74 Å². The van der Waals surface area contributed by atoms with Gasteiger partial charge in [0, 0.05) is 4.88 Å². The van der Waals surface area contributed by atoms with Crippen LogP contribution in [-0.4, -0.2) is 14.2 Å². The summed E-state index contributed by atoms with van der Waals surface area (Å²) in [6.07, 6.45) is 0. The predicted octanol–water partition coefficient (Wildman–Crippen LogP) is 3.37. The maximum Gasteiger partial charge on any atom is 0.119 e. The summed E-state index contributed by atoms with van der Waals surface area (Å²) in [4.78, 5) is 1.33. The second kappa shape index (κ2) is 5.34. The Kier molecular flexibility index (Phi) is 3.82. The molecule has 1 atom stereocenters. The van der Waals surface area contributed by atoms with Crippen LogP contribution in [0.3, 0.4) is 0 Å². The minimum atomic E-state index is 0.265. The van der Waals surface area contributed by atoms with Crippen molar-refractivity contribution in [2.75, 3.05) is 14.2 Å². The van der Waals surface area contributed by atoms with E-state index in [0.29, 0.717) is 0 Å². The van der Waals surface area contributed by atoms with Crippen LogP contribution in [0.1, 0.15) is 22.0 Å². The smallest absolute Gasteiger partial charge is 0.119 e. The van der Waals surface area contributed by atoms with Gasteiger partial charge in [0.15, 0.2) is 0 Å². The van der Waals surface area contributed by atoms with E-state index >= 15 is 0 Å². The molecule has 0 bridgehead atoms. The molecule has 90 valence electrons. The molecule has 0 amide bonds. The van der Waals surface area contributed by atoms with Crippen LogP contribution in [0, 0.1) is 6.92 Å². The number of hydrogen-bond acceptors (Lipinski definition) is 3. The maximum absolute atomic E-state index is 5.24. The van der Waals surface area contributed by atoms with Crippen LogP contribution in [0.15, 0.2) is 35.7 Å². The van der Waals surface area contributed by atoms with Gasteiger partial charge in [-0.15, -0.1) is 11.3 Å². The quantitative estimate of drug-likeness (QED) is 0.894. The highest BCUT2D eigenvalue weighted by molar-refractivity contribution is 7.10. The fourth-order valence-corrected chi connectivity index (χ4v) is 2.86. The number of benzene rings is 1. The Balaban J connectivity index is 2.38. The number of methoxy groups -OCH3 is 1. The zero-order valence-corrected chi connectivity index (χ0v) is 11.2. The van der Waals surface area contributed by atoms with Gasteiger partial charge in [-0.05, 0) is 48.7 Å². The summed E-state index contributed by atoms with van der Waals surface area (Å²) in [7, 11) is 3.69. The molecule has 17 heavy (non-hydrogen) atoms. The van der Waals surface area contributed by atoms with E-state index in [-0.39, 0.29) is 6.04 Å². The van der Waals surface area contributed by atoms with Crippen LogP contribution < -0.4 is 10.1 Å². The summed E-state index contributed by atoms with van der Waals surface area (Å²) in [6, 6.07) is 10.7. The van der Waals surface area contributed by atoms with Crippen molar-refractivity contribution in [2.24, 2.45) is 0 Å². The summed E-state index contributed by atoms with van der Waals surface area (Å²) in [5, 5.41) is 5.48. The van der Waals surface area contributed by atoms with Crippen molar-refractivity contribution in [1.82, 2.24) is 5.32 Å². The standard InChI is InChI=1S/C14H17NOS/c1-10-9-11(16-3)6-7-12(10)14(15-2)13-5-4-8-17-13/h4-9,14-15H,1-3H3. The Labute approximate surface area is 106 Å². The third-order valence-electron chi connectivity index (χ3n) is 2.90. The zero-order valence-electron chi connectivity index (χ0n) is 10.4. The minimum absolute atomic E-state index is 0.265. The monoisotopic (exact) mass is 247 g/mol. The lowest BCUT2D eigenvalue weighted by Crippen LogP contribution is -2.17. The van der Waals surface area contributed by atoms with Gasteiger partial charge < -0.3 is 10.1 Å². The Morgan fingerprint density at radius 3 is 2.65 bits per heavy atom. The molecule has 0 radical (unpaired) electrons. The molecule has 0 fully saturated rings. The number of hydrogen-bond donors (Lipinski definition) is 1. The molecule has 0 aliphatic heterocycles. The molecule has 0 saturated carbocycles. The highest BCUT2D eigenvalue weighted by Gasteiger charge is 2.15. The largest absolute Gasteiger partial charge is 0.497 e. The van der Waals surface area contributed by atoms with Gasteiger partial charge in [0.25, 0.3) is 0 Å². The Morgan fingerprint density at radius 2 is 2.12 bits per heavy atom. The lowest BCUT2D eigenvalue weighted by Gasteiger charge is -2.18. The first-order valence-corrected chi connectivity index (χ1v) is 6.49. The van der Waals surface area contributed by atoms with Crippen LogP contribution >= 0.6 is 11.3 Å². The first-order chi connectivity index (χ1) is 8.26. The molecule has 2 nitrogen and oxygen atoms in total. The van der Waals surface area contributed by atoms with E-state index in [1.54, 1.807) is 18.4 Å². The Hall–Kier alpha value is -1.32. The molecule has 1 heterocycles. The topological polar surface area (TPSA) is 21.3 Å². The molecule has 0 aliphatic rings. The predicted molar refractivity (Wildman–Crippen MR) is 73.0 cm³/mol. The van der Waals surface area contributed by atoms with Crippen molar-refractivity contribution in [1.29, 1.82) is 0 Å². The molecular formula is C14H17NOS. The number of nitrogens with one attached hydrogen (secondary N) is 1. The molecule has 1 aromatic carbocycles. The number of rotatable bonds is 4. The van der Waals surface area contributed by atoms with Crippen molar-refractivity contribution in [3.63, 3.8) is 0 Å². The normalized spacial score (nSPS) is 12.4. The highest BCUT2D eigenvalue weighted by Crippen LogP contribution is 2.29. The molecule has 2 aromatic rings. The summed E-state index contributed by atoms with van der Waals surface area (Å²) in [6.45, 7) is 2.12. The van der Waals surface area contributed by atoms with E-state index in [9.17, 15) is 0 Å². The zero-order chi connectivity index (χ0) is 12.3. The number of ether oxygens (including phenoxy) is 1. The summed E-state index contributed by atoms with van der Waals surface area (Å²) in [5.41, 5.74) is 2.55. The molecule has 0 spiro atoms. The first-order valence-electron chi connectivity index (χ1n) is 5.61. The van der Waals surface area contributed by atoms with Crippen molar-refractivity contribution in [2.45, 2.75) is 13.0 Å². The average molecular weight is 247 g/mol. The van der Waals surface area contributed by atoms with E-state index in [1.807, 2.05) is 13.1 Å². The number of aryl methyl sites for hydroxylation is 1. The second-order valence-electron chi connectivity index (χ2n) is 3.96. The van der Waals surface area contributed by atoms with Gasteiger partial charge in [0.2, 0.25) is 0 Å². The van der Waals surface area contributed by atoms with E-state index in [1.165, 1.54) is 16.0 Å². The molecule has 0 saturated heterocycles. The van der Waals surface area contributed by atoms with Gasteiger partial charge in [-0.25, -0.2) is 0 Å². The summed E-state index contributed by atoms with van der Waals surface area (Å²) in [5.74, 6) is 0.910. The first kappa shape index (κ1) is 12.1. The lowest BCUT2D eigenvalue weighted by molar-refractivity contribution is 0.414. The van der Waals surface area contributed by atoms with Crippen molar-refractivity contribution in [3.8, 4) is 5.75 Å². The van der Waals surface area contributed by atoms with Gasteiger partial charge in [-0.3, -0.25) is 0 Å². The number of thiophene rings is 1. The van der Waals surface area contributed by atoms with Gasteiger partial charge in [-0.1, -0.05) is 12.1 Å². The molecule has 1 aromatic heterocycles. The van der Waals surface area contributed by atoms with E-state index in [2.05, 4.69) is 41.9 Å². The van der Waals surface area contributed by atoms with E-state index < -0.39 is 0 Å². The van der Waals surface area contributed by atoms with Crippen molar-refractivity contribution >= 4 is 11.3 Å². The SMILES string of the molecule is CNC(c1cccs1)c1ccc(OC)cc1C. The maximum atomic E-state index is 5.24. The molecule has 0 aliphatic carbocycles. The third-order valence-corrected chi connectivity index (χ3v) is 3.84. The summed E-state index contributed by atoms with van der Waals surface area (Å²) < 4.78 is 5.24. The van der Waals surface area contributed by atoms with Crippen LogP contribution in [0.25, 0.3) is 0 Å². The van der Waals surface area contributed by atoms with Crippen LogP contribution in [-0.2, 0) is 0 Å². The van der Waals surface area contributed by atoms with E-state index in [4.69, 9.17) is 4.74 Å². The van der Waals surface area contributed by atoms with Crippen molar-refractivity contribution in [3.05, 3.63) is 51.7 Å². The average Bonchev–Trinajstić information content (AvgIpc) is 2.85. The van der Waals surface area contributed by atoms with Gasteiger partial charge in [0.1, 0.15) is 5.75 Å². The van der Waals surface area contributed by atoms with Gasteiger partial charge in [-0.2, -0.15) is 0 Å². The molecule has 1 N–H and O–H groups in total. The molecule has 3 heteroatoms. The van der Waals surface area contributed by atoms with E-state index in [0.717, 1.165) is 5.75 Å². The fraction of sp³-hybridized carbons (Fsp3) is 0.286. The Morgan fingerprint density at radius 1 is 1.29 bits per heavy atom. The fourth-order valence-electron chi connectivity index (χ4n) is 2.01. The van der Waals surface area contributed by atoms with Crippen LogP contribution in [0.4, 0.5) is 0 Å². The molecule has 2 rings (SSSR count). The highest BCUT2D eigenvalue weighted by atomic mass is 32.1. The minimum Gasteiger partial charge on any atom is -0.497 e. The van der Waals surface area contributed by atoms with Gasteiger partial charge >= 0.3 is 0 Å². The second-order valence-corrected chi connectivity index (χ2v) is 4.94.